The normalized spacial score (nSPS) is 11.1. The summed E-state index contributed by atoms with van der Waals surface area (Å²) in [5.41, 5.74) is 6.88. The lowest BCUT2D eigenvalue weighted by Gasteiger charge is -2.25. The minimum atomic E-state index is 0.991. The fourth-order valence-corrected chi connectivity index (χ4v) is 4.76. The molecule has 3 heteroatoms. The van der Waals surface area contributed by atoms with E-state index in [4.69, 9.17) is 0 Å². The zero-order valence-corrected chi connectivity index (χ0v) is 22.4. The summed E-state index contributed by atoms with van der Waals surface area (Å²) in [7, 11) is 0. The Morgan fingerprint density at radius 3 is 1.49 bits per heavy atom. The molecule has 0 heterocycles. The van der Waals surface area contributed by atoms with Crippen molar-refractivity contribution in [2.75, 3.05) is 49.1 Å². The van der Waals surface area contributed by atoms with Crippen molar-refractivity contribution in [1.29, 1.82) is 0 Å². The molecule has 35 heavy (non-hydrogen) atoms. The van der Waals surface area contributed by atoms with E-state index in [1.54, 1.807) is 0 Å². The van der Waals surface area contributed by atoms with Crippen molar-refractivity contribution in [2.24, 2.45) is 0 Å². The molecular weight excluding hydrogens is 426 g/mol. The predicted octanol–water partition coefficient (Wildman–Crippen LogP) is 7.06. The fourth-order valence-electron chi connectivity index (χ4n) is 4.76. The van der Waals surface area contributed by atoms with Crippen LogP contribution >= 0.6 is 0 Å². The summed E-state index contributed by atoms with van der Waals surface area (Å²) in [6.07, 6.45) is 3.34. The van der Waals surface area contributed by atoms with Crippen LogP contribution in [0.4, 0.5) is 11.4 Å². The van der Waals surface area contributed by atoms with Gasteiger partial charge >= 0.3 is 0 Å². The van der Waals surface area contributed by atoms with E-state index in [1.165, 1.54) is 34.5 Å². The van der Waals surface area contributed by atoms with Gasteiger partial charge < -0.3 is 9.80 Å². The molecule has 0 amide bonds. The summed E-state index contributed by atoms with van der Waals surface area (Å²) in [6.45, 7) is 16.3. The number of hydrogen-bond acceptors (Lipinski definition) is 3. The lowest BCUT2D eigenvalue weighted by Crippen LogP contribution is -2.28. The van der Waals surface area contributed by atoms with E-state index in [9.17, 15) is 0 Å². The van der Waals surface area contributed by atoms with Gasteiger partial charge in [0.2, 0.25) is 0 Å². The lowest BCUT2D eigenvalue weighted by atomic mass is 10.1. The molecule has 0 aromatic heterocycles. The van der Waals surface area contributed by atoms with Crippen molar-refractivity contribution in [1.82, 2.24) is 4.90 Å². The molecule has 0 saturated heterocycles. The first-order valence-electron chi connectivity index (χ1n) is 13.6. The van der Waals surface area contributed by atoms with E-state index in [2.05, 4.69) is 121 Å². The lowest BCUT2D eigenvalue weighted by molar-refractivity contribution is 0.272. The Kier molecular flexibility index (Phi) is 11.2. The Hall–Kier alpha value is -2.78. The Morgan fingerprint density at radius 2 is 0.971 bits per heavy atom. The molecule has 0 atom stereocenters. The van der Waals surface area contributed by atoms with Gasteiger partial charge in [-0.1, -0.05) is 61.5 Å². The molecule has 0 aliphatic heterocycles. The summed E-state index contributed by atoms with van der Waals surface area (Å²) in [5, 5.41) is 0. The first kappa shape index (κ1) is 26.8. The third-order valence-electron chi connectivity index (χ3n) is 6.92. The van der Waals surface area contributed by atoms with Gasteiger partial charge in [-0.15, -0.1) is 0 Å². The Bertz CT molecular complexity index is 946. The highest BCUT2D eigenvalue weighted by molar-refractivity contribution is 5.48. The molecule has 3 aromatic rings. The molecular formula is C32H45N3. The van der Waals surface area contributed by atoms with Crippen LogP contribution in [0.5, 0.6) is 0 Å². The first-order valence-corrected chi connectivity index (χ1v) is 13.6. The molecule has 0 aliphatic rings. The van der Waals surface area contributed by atoms with E-state index in [1.807, 2.05) is 0 Å². The number of benzene rings is 3. The van der Waals surface area contributed by atoms with Gasteiger partial charge in [0, 0.05) is 57.2 Å². The van der Waals surface area contributed by atoms with E-state index < -0.39 is 0 Å². The van der Waals surface area contributed by atoms with Gasteiger partial charge in [0.05, 0.1) is 0 Å². The molecule has 0 unspecified atom stereocenters. The van der Waals surface area contributed by atoms with Crippen LogP contribution < -0.4 is 9.80 Å². The predicted molar refractivity (Wildman–Crippen MR) is 154 cm³/mol. The fraction of sp³-hybridized carbons (Fsp3) is 0.438. The molecule has 0 saturated carbocycles. The van der Waals surface area contributed by atoms with Gasteiger partial charge in [-0.05, 0) is 81.0 Å². The maximum absolute atomic E-state index is 2.62. The van der Waals surface area contributed by atoms with Crippen LogP contribution in [0.1, 0.15) is 50.8 Å². The second kappa shape index (κ2) is 14.6. The quantitative estimate of drug-likeness (QED) is 0.235. The molecule has 0 spiro atoms. The third-order valence-corrected chi connectivity index (χ3v) is 6.92. The highest BCUT2D eigenvalue weighted by Crippen LogP contribution is 2.18. The van der Waals surface area contributed by atoms with Gasteiger partial charge in [0.15, 0.2) is 0 Å². The molecule has 0 fully saturated rings. The highest BCUT2D eigenvalue weighted by Gasteiger charge is 2.10. The molecule has 3 nitrogen and oxygen atoms in total. The van der Waals surface area contributed by atoms with E-state index in [0.717, 1.165) is 58.7 Å². The minimum Gasteiger partial charge on any atom is -0.372 e. The number of nitrogens with zero attached hydrogens (tertiary/aromatic N) is 3. The molecule has 0 bridgehead atoms. The summed E-state index contributed by atoms with van der Waals surface area (Å²) >= 11 is 0. The molecule has 0 N–H and O–H groups in total. The van der Waals surface area contributed by atoms with Crippen LogP contribution in [-0.4, -0.2) is 44.2 Å². The SMILES string of the molecule is CCCN(CC)c1ccc(CN(CCc2ccccc2)CCc2ccc(N(CC)CC)cc2)cc1. The standard InChI is InChI=1S/C32H45N3/c1-5-24-35(8-4)32-20-16-30(17-21-32)27-33(25-22-28-12-10-9-11-13-28)26-23-29-14-18-31(19-15-29)34(6-2)7-3/h9-21H,5-8,22-27H2,1-4H3. The van der Waals surface area contributed by atoms with E-state index in [-0.39, 0.29) is 0 Å². The molecule has 0 aliphatic carbocycles. The average Bonchev–Trinajstić information content (AvgIpc) is 2.91. The molecule has 188 valence electrons. The van der Waals surface area contributed by atoms with Crippen LogP contribution in [-0.2, 0) is 19.4 Å². The third kappa shape index (κ3) is 8.43. The second-order valence-corrected chi connectivity index (χ2v) is 9.35. The number of anilines is 2. The maximum Gasteiger partial charge on any atom is 0.0366 e. The minimum absolute atomic E-state index is 0.991. The molecule has 3 aromatic carbocycles. The first-order chi connectivity index (χ1) is 17.2. The second-order valence-electron chi connectivity index (χ2n) is 9.35. The van der Waals surface area contributed by atoms with E-state index in [0.29, 0.717) is 0 Å². The van der Waals surface area contributed by atoms with Crippen LogP contribution in [0.15, 0.2) is 78.9 Å². The highest BCUT2D eigenvalue weighted by atomic mass is 15.1. The molecule has 3 rings (SSSR count). The zero-order valence-electron chi connectivity index (χ0n) is 22.4. The van der Waals surface area contributed by atoms with Crippen molar-refractivity contribution in [3.8, 4) is 0 Å². The maximum atomic E-state index is 2.62. The summed E-state index contributed by atoms with van der Waals surface area (Å²) in [4.78, 5) is 7.47. The van der Waals surface area contributed by atoms with Gasteiger partial charge in [-0.2, -0.15) is 0 Å². The Morgan fingerprint density at radius 1 is 0.486 bits per heavy atom. The smallest absolute Gasteiger partial charge is 0.0366 e. The van der Waals surface area contributed by atoms with Crippen molar-refractivity contribution in [2.45, 2.75) is 53.5 Å². The Balaban J connectivity index is 1.65. The molecule has 0 radical (unpaired) electrons. The van der Waals surface area contributed by atoms with Crippen LogP contribution in [0, 0.1) is 0 Å². The average molecular weight is 472 g/mol. The van der Waals surface area contributed by atoms with Crippen LogP contribution in [0.3, 0.4) is 0 Å². The topological polar surface area (TPSA) is 9.72 Å². The van der Waals surface area contributed by atoms with Crippen LogP contribution in [0.25, 0.3) is 0 Å². The van der Waals surface area contributed by atoms with Gasteiger partial charge in [-0.25, -0.2) is 0 Å². The number of hydrogen-bond donors (Lipinski definition) is 0. The van der Waals surface area contributed by atoms with Gasteiger partial charge in [0.1, 0.15) is 0 Å². The van der Waals surface area contributed by atoms with Gasteiger partial charge in [0.25, 0.3) is 0 Å². The summed E-state index contributed by atoms with van der Waals surface area (Å²) < 4.78 is 0. The summed E-state index contributed by atoms with van der Waals surface area (Å²) in [6, 6.07) is 29.3. The zero-order chi connectivity index (χ0) is 24.9. The van der Waals surface area contributed by atoms with Crippen LogP contribution in [0.2, 0.25) is 0 Å². The van der Waals surface area contributed by atoms with Crippen molar-refractivity contribution < 1.29 is 0 Å². The largest absolute Gasteiger partial charge is 0.372 e. The Labute approximate surface area is 214 Å². The number of rotatable bonds is 15. The van der Waals surface area contributed by atoms with Crippen molar-refractivity contribution >= 4 is 11.4 Å². The van der Waals surface area contributed by atoms with Crippen molar-refractivity contribution in [3.63, 3.8) is 0 Å². The van der Waals surface area contributed by atoms with Crippen molar-refractivity contribution in [3.05, 3.63) is 95.6 Å². The summed E-state index contributed by atoms with van der Waals surface area (Å²) in [5.74, 6) is 0. The monoisotopic (exact) mass is 471 g/mol. The van der Waals surface area contributed by atoms with Gasteiger partial charge in [-0.3, -0.25) is 4.90 Å². The van der Waals surface area contributed by atoms with E-state index >= 15 is 0 Å².